The maximum Gasteiger partial charge on any atom is 0.164 e. The molecule has 0 aliphatic heterocycles. The molecule has 0 heterocycles. The van der Waals surface area contributed by atoms with E-state index in [4.69, 9.17) is 24.7 Å². The second-order valence-corrected chi connectivity index (χ2v) is 5.92. The topological polar surface area (TPSA) is 66.2 Å². The maximum absolute atomic E-state index is 5.71. The van der Waals surface area contributed by atoms with Gasteiger partial charge in [0.15, 0.2) is 11.6 Å². The highest BCUT2D eigenvalue weighted by atomic mass is 16.7. The number of nitrogens with two attached hydrogens (primary N) is 1. The van der Waals surface area contributed by atoms with Gasteiger partial charge in [0.25, 0.3) is 0 Å². The smallest absolute Gasteiger partial charge is 0.164 e. The van der Waals surface area contributed by atoms with Crippen molar-refractivity contribution in [2.24, 2.45) is 5.73 Å². The molecule has 0 aromatic rings. The quantitative estimate of drug-likeness (QED) is 0.493. The van der Waals surface area contributed by atoms with Crippen LogP contribution in [-0.2, 0) is 18.9 Å². The van der Waals surface area contributed by atoms with Gasteiger partial charge in [0.05, 0.1) is 0 Å². The van der Waals surface area contributed by atoms with E-state index in [0.29, 0.717) is 6.54 Å². The summed E-state index contributed by atoms with van der Waals surface area (Å²) < 4.78 is 21.5. The Labute approximate surface area is 136 Å². The molecule has 134 valence electrons. The third kappa shape index (κ3) is 8.41. The minimum absolute atomic E-state index is 0.501. The predicted molar refractivity (Wildman–Crippen MR) is 88.8 cm³/mol. The van der Waals surface area contributed by atoms with Crippen LogP contribution >= 0.6 is 0 Å². The summed E-state index contributed by atoms with van der Waals surface area (Å²) in [5.41, 5.74) is 5.71. The van der Waals surface area contributed by atoms with Gasteiger partial charge in [0.2, 0.25) is 0 Å². The van der Waals surface area contributed by atoms with Crippen molar-refractivity contribution in [1.82, 2.24) is 4.90 Å². The molecule has 0 aliphatic rings. The van der Waals surface area contributed by atoms with Gasteiger partial charge in [0.1, 0.15) is 0 Å². The molecule has 0 aromatic heterocycles. The van der Waals surface area contributed by atoms with Crippen LogP contribution in [0.5, 0.6) is 0 Å². The summed E-state index contributed by atoms with van der Waals surface area (Å²) in [6.45, 7) is 7.45. The van der Waals surface area contributed by atoms with Crippen LogP contribution in [0.3, 0.4) is 0 Å². The van der Waals surface area contributed by atoms with E-state index in [1.807, 2.05) is 13.8 Å². The summed E-state index contributed by atoms with van der Waals surface area (Å²) in [6.07, 6.45) is 3.72. The SMILES string of the molecule is COC(C)(CCCN(CCN)CCCC(C)(OC)OC)OC. The van der Waals surface area contributed by atoms with Crippen LogP contribution in [0.2, 0.25) is 0 Å². The maximum atomic E-state index is 5.71. The molecule has 0 saturated heterocycles. The van der Waals surface area contributed by atoms with E-state index in [1.54, 1.807) is 28.4 Å². The highest BCUT2D eigenvalue weighted by molar-refractivity contribution is 4.68. The summed E-state index contributed by atoms with van der Waals surface area (Å²) >= 11 is 0. The van der Waals surface area contributed by atoms with Crippen molar-refractivity contribution >= 4 is 0 Å². The third-order valence-electron chi connectivity index (χ3n) is 4.38. The zero-order valence-electron chi connectivity index (χ0n) is 15.3. The zero-order valence-corrected chi connectivity index (χ0v) is 15.3. The minimum Gasteiger partial charge on any atom is -0.353 e. The number of rotatable bonds is 14. The molecule has 0 spiro atoms. The predicted octanol–water partition coefficient (Wildman–Crippen LogP) is 1.83. The highest BCUT2D eigenvalue weighted by Crippen LogP contribution is 2.19. The summed E-state index contributed by atoms with van der Waals surface area (Å²) in [5.74, 6) is -1.00. The Morgan fingerprint density at radius 2 is 1.09 bits per heavy atom. The average Bonchev–Trinajstić information content (AvgIpc) is 2.54. The van der Waals surface area contributed by atoms with Gasteiger partial charge in [-0.05, 0) is 39.8 Å². The molecule has 2 N–H and O–H groups in total. The first-order chi connectivity index (χ1) is 10.4. The van der Waals surface area contributed by atoms with Crippen molar-refractivity contribution < 1.29 is 18.9 Å². The van der Waals surface area contributed by atoms with Gasteiger partial charge < -0.3 is 29.6 Å². The first-order valence-electron chi connectivity index (χ1n) is 8.01. The molecule has 0 fully saturated rings. The van der Waals surface area contributed by atoms with Gasteiger partial charge in [-0.15, -0.1) is 0 Å². The van der Waals surface area contributed by atoms with E-state index in [2.05, 4.69) is 4.90 Å². The molecule has 22 heavy (non-hydrogen) atoms. The van der Waals surface area contributed by atoms with Gasteiger partial charge in [0, 0.05) is 54.4 Å². The summed E-state index contributed by atoms with van der Waals surface area (Å²) in [6, 6.07) is 0. The van der Waals surface area contributed by atoms with E-state index >= 15 is 0 Å². The number of hydrogen-bond donors (Lipinski definition) is 1. The van der Waals surface area contributed by atoms with Gasteiger partial charge >= 0.3 is 0 Å². The Bertz CT molecular complexity index is 245. The Balaban J connectivity index is 4.16. The number of methoxy groups -OCH3 is 4. The number of ether oxygens (including phenoxy) is 4. The number of nitrogens with zero attached hydrogens (tertiary/aromatic N) is 1. The minimum atomic E-state index is -0.501. The lowest BCUT2D eigenvalue weighted by Gasteiger charge is -2.30. The molecule has 0 radical (unpaired) electrons. The van der Waals surface area contributed by atoms with Gasteiger partial charge in [-0.1, -0.05) is 0 Å². The lowest BCUT2D eigenvalue weighted by molar-refractivity contribution is -0.198. The van der Waals surface area contributed by atoms with E-state index in [9.17, 15) is 0 Å². The van der Waals surface area contributed by atoms with Gasteiger partial charge in [-0.25, -0.2) is 0 Å². The third-order valence-corrected chi connectivity index (χ3v) is 4.38. The standard InChI is InChI=1S/C16H36N2O4/c1-15(19-3,20-4)9-7-12-18(14-11-17)13-8-10-16(2,21-5)22-6/h7-14,17H2,1-6H3. The van der Waals surface area contributed by atoms with Crippen molar-refractivity contribution in [3.8, 4) is 0 Å². The van der Waals surface area contributed by atoms with Crippen molar-refractivity contribution in [1.29, 1.82) is 0 Å². The van der Waals surface area contributed by atoms with Crippen LogP contribution < -0.4 is 5.73 Å². The molecule has 0 saturated carbocycles. The summed E-state index contributed by atoms with van der Waals surface area (Å²) in [5, 5.41) is 0. The van der Waals surface area contributed by atoms with Crippen LogP contribution in [0.25, 0.3) is 0 Å². The van der Waals surface area contributed by atoms with Crippen LogP contribution in [0, 0.1) is 0 Å². The van der Waals surface area contributed by atoms with Crippen LogP contribution in [-0.4, -0.2) is 71.1 Å². The largest absolute Gasteiger partial charge is 0.353 e. The second kappa shape index (κ2) is 11.3. The highest BCUT2D eigenvalue weighted by Gasteiger charge is 2.23. The Kier molecular flexibility index (Phi) is 11.2. The Hall–Kier alpha value is -0.240. The fourth-order valence-corrected chi connectivity index (χ4v) is 2.34. The molecular formula is C16H36N2O4. The fourth-order valence-electron chi connectivity index (χ4n) is 2.34. The van der Waals surface area contributed by atoms with Crippen molar-refractivity contribution in [3.05, 3.63) is 0 Å². The van der Waals surface area contributed by atoms with E-state index in [0.717, 1.165) is 45.3 Å². The molecule has 6 heteroatoms. The monoisotopic (exact) mass is 320 g/mol. The van der Waals surface area contributed by atoms with Crippen molar-refractivity contribution in [2.75, 3.05) is 54.6 Å². The molecule has 6 nitrogen and oxygen atoms in total. The van der Waals surface area contributed by atoms with Gasteiger partial charge in [-0.3, -0.25) is 0 Å². The zero-order chi connectivity index (χ0) is 17.1. The lowest BCUT2D eigenvalue weighted by Crippen LogP contribution is -2.36. The first-order valence-corrected chi connectivity index (χ1v) is 8.01. The van der Waals surface area contributed by atoms with Crippen molar-refractivity contribution in [2.45, 2.75) is 51.1 Å². The number of hydrogen-bond acceptors (Lipinski definition) is 6. The average molecular weight is 320 g/mol. The molecule has 0 unspecified atom stereocenters. The molecule has 0 rings (SSSR count). The Morgan fingerprint density at radius 3 is 1.36 bits per heavy atom. The van der Waals surface area contributed by atoms with Crippen LogP contribution in [0.15, 0.2) is 0 Å². The van der Waals surface area contributed by atoms with Gasteiger partial charge in [-0.2, -0.15) is 0 Å². The van der Waals surface area contributed by atoms with E-state index in [-0.39, 0.29) is 0 Å². The van der Waals surface area contributed by atoms with E-state index < -0.39 is 11.6 Å². The molecule has 0 amide bonds. The molecule has 0 aliphatic carbocycles. The molecule has 0 bridgehead atoms. The van der Waals surface area contributed by atoms with Crippen LogP contribution in [0.4, 0.5) is 0 Å². The summed E-state index contributed by atoms with van der Waals surface area (Å²) in [7, 11) is 6.71. The molecule has 0 atom stereocenters. The van der Waals surface area contributed by atoms with Crippen LogP contribution in [0.1, 0.15) is 39.5 Å². The first kappa shape index (κ1) is 21.8. The summed E-state index contributed by atoms with van der Waals surface area (Å²) in [4.78, 5) is 2.37. The lowest BCUT2D eigenvalue weighted by atomic mass is 10.1. The van der Waals surface area contributed by atoms with E-state index in [1.165, 1.54) is 0 Å². The fraction of sp³-hybridized carbons (Fsp3) is 1.00. The second-order valence-electron chi connectivity index (χ2n) is 5.92. The Morgan fingerprint density at radius 1 is 0.727 bits per heavy atom. The normalized spacial score (nSPS) is 13.1. The molecular weight excluding hydrogens is 284 g/mol. The van der Waals surface area contributed by atoms with Crippen molar-refractivity contribution in [3.63, 3.8) is 0 Å². The molecule has 0 aromatic carbocycles.